The Hall–Kier alpha value is -1.91. The van der Waals surface area contributed by atoms with Gasteiger partial charge in [0.15, 0.2) is 0 Å². The molecule has 0 aliphatic rings. The molecule has 0 saturated heterocycles. The molecule has 0 unspecified atom stereocenters. The number of benzene rings is 1. The Morgan fingerprint density at radius 2 is 2.31 bits per heavy atom. The molecule has 0 fully saturated rings. The number of phenolic OH excluding ortho intramolecular Hbond substituents is 1. The topological polar surface area (TPSA) is 73.2 Å². The van der Waals surface area contributed by atoms with Crippen molar-refractivity contribution in [2.45, 2.75) is 0 Å². The van der Waals surface area contributed by atoms with Crippen molar-refractivity contribution in [2.75, 3.05) is 5.32 Å². The van der Waals surface area contributed by atoms with Crippen molar-refractivity contribution in [3.05, 3.63) is 24.0 Å². The number of anilines is 1. The number of carbonyl (C=O) groups is 1. The van der Waals surface area contributed by atoms with Gasteiger partial charge in [-0.2, -0.15) is 0 Å². The van der Waals surface area contributed by atoms with E-state index < -0.39 is 11.7 Å². The fourth-order valence-electron chi connectivity index (χ4n) is 0.774. The van der Waals surface area contributed by atoms with Gasteiger partial charge < -0.3 is 15.8 Å². The Morgan fingerprint density at radius 1 is 1.62 bits per heavy atom. The van der Waals surface area contributed by atoms with E-state index in [1.54, 1.807) is 0 Å². The molecule has 5 heteroatoms. The summed E-state index contributed by atoms with van der Waals surface area (Å²) in [7, 11) is 0. The largest absolute Gasteiger partial charge is 0.508 e. The number of nitrogens with one attached hydrogen (secondary N) is 2. The van der Waals surface area contributed by atoms with E-state index in [9.17, 15) is 9.18 Å². The van der Waals surface area contributed by atoms with E-state index in [4.69, 9.17) is 10.5 Å². The lowest BCUT2D eigenvalue weighted by Crippen LogP contribution is -2.12. The van der Waals surface area contributed by atoms with Gasteiger partial charge in [-0.3, -0.25) is 4.79 Å². The molecule has 0 heterocycles. The van der Waals surface area contributed by atoms with Crippen LogP contribution in [-0.2, 0) is 4.79 Å². The summed E-state index contributed by atoms with van der Waals surface area (Å²) in [5, 5.41) is 17.5. The summed E-state index contributed by atoms with van der Waals surface area (Å²) in [5.74, 6) is -1.68. The molecule has 13 heavy (non-hydrogen) atoms. The maximum atomic E-state index is 12.9. The number of hydrogen-bond acceptors (Lipinski definition) is 3. The first-order valence-electron chi connectivity index (χ1n) is 3.43. The third-order valence-electron chi connectivity index (χ3n) is 1.34. The monoisotopic (exact) mass is 182 g/mol. The minimum Gasteiger partial charge on any atom is -0.508 e. The van der Waals surface area contributed by atoms with Gasteiger partial charge in [-0.05, 0) is 12.1 Å². The highest BCUT2D eigenvalue weighted by molar-refractivity contribution is 6.30. The van der Waals surface area contributed by atoms with Crippen LogP contribution in [0.2, 0.25) is 0 Å². The number of hydrogen-bond donors (Lipinski definition) is 3. The molecular formula is C8H7FN2O2. The number of aromatic hydroxyl groups is 1. The number of phenols is 1. The average Bonchev–Trinajstić information content (AvgIpc) is 2.09. The van der Waals surface area contributed by atoms with Gasteiger partial charge in [0.1, 0.15) is 11.6 Å². The Kier molecular flexibility index (Phi) is 2.59. The van der Waals surface area contributed by atoms with Crippen molar-refractivity contribution in [3.8, 4) is 5.75 Å². The zero-order valence-corrected chi connectivity index (χ0v) is 6.54. The molecule has 68 valence electrons. The van der Waals surface area contributed by atoms with Gasteiger partial charge in [0, 0.05) is 6.07 Å². The Morgan fingerprint density at radius 3 is 2.85 bits per heavy atom. The fourth-order valence-corrected chi connectivity index (χ4v) is 0.774. The molecule has 1 rings (SSSR count). The normalized spacial score (nSPS) is 9.31. The van der Waals surface area contributed by atoms with E-state index in [2.05, 4.69) is 5.32 Å². The number of rotatable bonds is 2. The number of amides is 1. The van der Waals surface area contributed by atoms with Crippen LogP contribution in [0, 0.1) is 11.2 Å². The maximum Gasteiger partial charge on any atom is 0.266 e. The summed E-state index contributed by atoms with van der Waals surface area (Å²) in [6, 6.07) is 3.33. The van der Waals surface area contributed by atoms with Crippen LogP contribution in [0.1, 0.15) is 0 Å². The quantitative estimate of drug-likeness (QED) is 0.473. The van der Waals surface area contributed by atoms with E-state index in [-0.39, 0.29) is 11.4 Å². The second-order valence-corrected chi connectivity index (χ2v) is 2.30. The SMILES string of the molecule is N=CC(=O)Nc1ccc(O)cc1F. The summed E-state index contributed by atoms with van der Waals surface area (Å²) in [4.78, 5) is 10.6. The molecule has 0 radical (unpaired) electrons. The first-order valence-corrected chi connectivity index (χ1v) is 3.43. The molecule has 1 aromatic rings. The van der Waals surface area contributed by atoms with Crippen molar-refractivity contribution >= 4 is 17.8 Å². The maximum absolute atomic E-state index is 12.9. The second-order valence-electron chi connectivity index (χ2n) is 2.30. The van der Waals surface area contributed by atoms with E-state index in [0.717, 1.165) is 6.07 Å². The molecule has 0 atom stereocenters. The highest BCUT2D eigenvalue weighted by atomic mass is 19.1. The summed E-state index contributed by atoms with van der Waals surface area (Å²) >= 11 is 0. The van der Waals surface area contributed by atoms with Crippen molar-refractivity contribution in [1.29, 1.82) is 5.41 Å². The fraction of sp³-hybridized carbons (Fsp3) is 0. The number of carbonyl (C=O) groups excluding carboxylic acids is 1. The van der Waals surface area contributed by atoms with Crippen molar-refractivity contribution in [2.24, 2.45) is 0 Å². The van der Waals surface area contributed by atoms with Crippen LogP contribution in [0.25, 0.3) is 0 Å². The Labute approximate surface area is 73.5 Å². The molecule has 0 spiro atoms. The predicted molar refractivity (Wildman–Crippen MR) is 45.5 cm³/mol. The van der Waals surface area contributed by atoms with E-state index in [1.165, 1.54) is 12.1 Å². The molecule has 0 aromatic heterocycles. The van der Waals surface area contributed by atoms with Crippen LogP contribution in [0.4, 0.5) is 10.1 Å². The molecule has 4 nitrogen and oxygen atoms in total. The lowest BCUT2D eigenvalue weighted by atomic mass is 10.3. The average molecular weight is 182 g/mol. The van der Waals surface area contributed by atoms with Crippen molar-refractivity contribution < 1.29 is 14.3 Å². The molecule has 0 saturated carbocycles. The third-order valence-corrected chi connectivity index (χ3v) is 1.34. The summed E-state index contributed by atoms with van der Waals surface area (Å²) in [6.07, 6.45) is 0.534. The lowest BCUT2D eigenvalue weighted by molar-refractivity contribution is -0.110. The van der Waals surface area contributed by atoms with Crippen LogP contribution in [0.5, 0.6) is 5.75 Å². The van der Waals surface area contributed by atoms with E-state index in [1.807, 2.05) is 0 Å². The van der Waals surface area contributed by atoms with Crippen LogP contribution in [0.3, 0.4) is 0 Å². The van der Waals surface area contributed by atoms with E-state index in [0.29, 0.717) is 6.21 Å². The third kappa shape index (κ3) is 2.26. The minimum absolute atomic E-state index is 0.0636. The lowest BCUT2D eigenvalue weighted by Gasteiger charge is -2.02. The van der Waals surface area contributed by atoms with Gasteiger partial charge in [0.25, 0.3) is 5.91 Å². The molecule has 0 aliphatic carbocycles. The molecule has 0 aliphatic heterocycles. The summed E-state index contributed by atoms with van der Waals surface area (Å²) < 4.78 is 12.9. The van der Waals surface area contributed by atoms with Crippen molar-refractivity contribution in [3.63, 3.8) is 0 Å². The van der Waals surface area contributed by atoms with Crippen molar-refractivity contribution in [1.82, 2.24) is 0 Å². The zero-order valence-electron chi connectivity index (χ0n) is 6.54. The first kappa shape index (κ1) is 9.18. The predicted octanol–water partition coefficient (Wildman–Crippen LogP) is 1.12. The van der Waals surface area contributed by atoms with Gasteiger partial charge >= 0.3 is 0 Å². The Bertz CT molecular complexity index is 352. The Balaban J connectivity index is 2.89. The van der Waals surface area contributed by atoms with Gasteiger partial charge in [-0.1, -0.05) is 0 Å². The van der Waals surface area contributed by atoms with Gasteiger partial charge in [0.05, 0.1) is 11.9 Å². The standard InChI is InChI=1S/C8H7FN2O2/c9-6-3-5(12)1-2-7(6)11-8(13)4-10/h1-4,10,12H,(H,11,13). The summed E-state index contributed by atoms with van der Waals surface area (Å²) in [6.45, 7) is 0. The highest BCUT2D eigenvalue weighted by Crippen LogP contribution is 2.18. The van der Waals surface area contributed by atoms with Crippen LogP contribution >= 0.6 is 0 Å². The van der Waals surface area contributed by atoms with Crippen LogP contribution in [0.15, 0.2) is 18.2 Å². The minimum atomic E-state index is -0.741. The summed E-state index contributed by atoms with van der Waals surface area (Å²) in [5.41, 5.74) is -0.0636. The second kappa shape index (κ2) is 3.66. The molecular weight excluding hydrogens is 175 g/mol. The van der Waals surface area contributed by atoms with E-state index >= 15 is 0 Å². The smallest absolute Gasteiger partial charge is 0.266 e. The molecule has 1 aromatic carbocycles. The van der Waals surface area contributed by atoms with Crippen LogP contribution < -0.4 is 5.32 Å². The molecule has 1 amide bonds. The van der Waals surface area contributed by atoms with Gasteiger partial charge in [-0.15, -0.1) is 0 Å². The highest BCUT2D eigenvalue weighted by Gasteiger charge is 2.04. The van der Waals surface area contributed by atoms with Crippen LogP contribution in [-0.4, -0.2) is 17.2 Å². The van der Waals surface area contributed by atoms with Gasteiger partial charge in [0.2, 0.25) is 0 Å². The zero-order chi connectivity index (χ0) is 9.84. The number of halogens is 1. The van der Waals surface area contributed by atoms with Gasteiger partial charge in [-0.25, -0.2) is 4.39 Å². The molecule has 0 bridgehead atoms. The first-order chi connectivity index (χ1) is 6.13. The molecule has 3 N–H and O–H groups in total.